The summed E-state index contributed by atoms with van der Waals surface area (Å²) in [5.41, 5.74) is 4.07. The van der Waals surface area contributed by atoms with Crippen LogP contribution in [0, 0.1) is 13.8 Å². The van der Waals surface area contributed by atoms with Gasteiger partial charge in [0, 0.05) is 35.1 Å². The van der Waals surface area contributed by atoms with Crippen LogP contribution in [0.25, 0.3) is 6.08 Å². The molecule has 0 radical (unpaired) electrons. The van der Waals surface area contributed by atoms with Gasteiger partial charge in [0.05, 0.1) is 7.11 Å². The number of carbonyl (C=O) groups excluding carboxylic acids is 2. The van der Waals surface area contributed by atoms with Crippen molar-refractivity contribution in [2.45, 2.75) is 20.4 Å². The number of rotatable bonds is 8. The van der Waals surface area contributed by atoms with Gasteiger partial charge in [-0.2, -0.15) is 0 Å². The Labute approximate surface area is 192 Å². The lowest BCUT2D eigenvalue weighted by Crippen LogP contribution is -2.14. The van der Waals surface area contributed by atoms with Crippen molar-refractivity contribution < 1.29 is 28.5 Å². The van der Waals surface area contributed by atoms with Crippen LogP contribution in [0.4, 0.5) is 0 Å². The first-order chi connectivity index (χ1) is 16.0. The lowest BCUT2D eigenvalue weighted by molar-refractivity contribution is -0.136. The van der Waals surface area contributed by atoms with Gasteiger partial charge in [0.15, 0.2) is 18.1 Å². The number of esters is 1. The summed E-state index contributed by atoms with van der Waals surface area (Å²) in [6.07, 6.45) is 2.89. The number of hydrogen-bond acceptors (Lipinski definition) is 6. The molecule has 0 spiro atoms. The Balaban J connectivity index is 1.39. The first-order valence-electron chi connectivity index (χ1n) is 10.5. The van der Waals surface area contributed by atoms with Gasteiger partial charge in [-0.25, -0.2) is 4.79 Å². The number of nitrogens with zero attached hydrogens (tertiary/aromatic N) is 1. The van der Waals surface area contributed by atoms with Gasteiger partial charge in [0.2, 0.25) is 12.6 Å². The Morgan fingerprint density at radius 2 is 1.85 bits per heavy atom. The standard InChI is InChI=1S/C26H25NO6/c1-17-12-21(18(2)27(17)14-19-8-10-24-25(13-19)33-16-32-24)22(28)15-31-26(29)11-9-20-6-4-5-7-23(20)30-3/h4-13H,14-16H2,1-3H3. The number of methoxy groups -OCH3 is 1. The zero-order valence-electron chi connectivity index (χ0n) is 18.8. The largest absolute Gasteiger partial charge is 0.496 e. The lowest BCUT2D eigenvalue weighted by Gasteiger charge is -2.11. The van der Waals surface area contributed by atoms with E-state index in [0.29, 0.717) is 17.9 Å². The summed E-state index contributed by atoms with van der Waals surface area (Å²) in [4.78, 5) is 24.9. The quantitative estimate of drug-likeness (QED) is 0.291. The van der Waals surface area contributed by atoms with Gasteiger partial charge in [0.25, 0.3) is 0 Å². The first-order valence-corrected chi connectivity index (χ1v) is 10.5. The fourth-order valence-corrected chi connectivity index (χ4v) is 3.77. The van der Waals surface area contributed by atoms with Crippen LogP contribution in [0.5, 0.6) is 17.2 Å². The van der Waals surface area contributed by atoms with Crippen LogP contribution in [0.3, 0.4) is 0 Å². The normalized spacial score (nSPS) is 12.2. The highest BCUT2D eigenvalue weighted by atomic mass is 16.7. The van der Waals surface area contributed by atoms with E-state index in [1.807, 2.05) is 60.9 Å². The van der Waals surface area contributed by atoms with Crippen LogP contribution in [-0.4, -0.2) is 36.8 Å². The molecule has 7 heteroatoms. The summed E-state index contributed by atoms with van der Waals surface area (Å²) in [6.45, 7) is 4.31. The number of para-hydroxylation sites is 1. The van der Waals surface area contributed by atoms with Gasteiger partial charge in [-0.3, -0.25) is 4.79 Å². The van der Waals surface area contributed by atoms with Gasteiger partial charge in [-0.1, -0.05) is 24.3 Å². The van der Waals surface area contributed by atoms with E-state index in [-0.39, 0.29) is 19.2 Å². The predicted molar refractivity (Wildman–Crippen MR) is 123 cm³/mol. The fourth-order valence-electron chi connectivity index (χ4n) is 3.77. The minimum absolute atomic E-state index is 0.228. The number of benzene rings is 2. The van der Waals surface area contributed by atoms with E-state index in [1.54, 1.807) is 19.3 Å². The Bertz CT molecular complexity index is 1220. The summed E-state index contributed by atoms with van der Waals surface area (Å²) in [5, 5.41) is 0. The third-order valence-corrected chi connectivity index (χ3v) is 5.54. The molecule has 1 aromatic heterocycles. The predicted octanol–water partition coefficient (Wildman–Crippen LogP) is 4.33. The number of hydrogen-bond donors (Lipinski definition) is 0. The van der Waals surface area contributed by atoms with Crippen molar-refractivity contribution in [3.05, 3.63) is 82.7 Å². The van der Waals surface area contributed by atoms with E-state index in [2.05, 4.69) is 0 Å². The molecular formula is C26H25NO6. The zero-order valence-corrected chi connectivity index (χ0v) is 18.8. The van der Waals surface area contributed by atoms with Crippen LogP contribution in [0.1, 0.15) is 32.9 Å². The molecule has 0 fully saturated rings. The molecule has 1 aliphatic rings. The van der Waals surface area contributed by atoms with Crippen molar-refractivity contribution >= 4 is 17.8 Å². The van der Waals surface area contributed by atoms with Crippen molar-refractivity contribution in [2.75, 3.05) is 20.5 Å². The molecule has 170 valence electrons. The van der Waals surface area contributed by atoms with Crippen molar-refractivity contribution in [1.29, 1.82) is 0 Å². The van der Waals surface area contributed by atoms with E-state index in [4.69, 9.17) is 18.9 Å². The fraction of sp³-hybridized carbons (Fsp3) is 0.231. The second kappa shape index (κ2) is 9.65. The molecule has 0 saturated heterocycles. The Morgan fingerprint density at radius 3 is 2.67 bits per heavy atom. The molecule has 2 heterocycles. The van der Waals surface area contributed by atoms with Crippen molar-refractivity contribution in [3.8, 4) is 17.2 Å². The van der Waals surface area contributed by atoms with Gasteiger partial charge in [0.1, 0.15) is 5.75 Å². The molecule has 4 rings (SSSR count). The summed E-state index contributed by atoms with van der Waals surface area (Å²) in [7, 11) is 1.56. The summed E-state index contributed by atoms with van der Waals surface area (Å²) < 4.78 is 23.3. The smallest absolute Gasteiger partial charge is 0.331 e. The molecule has 3 aromatic rings. The number of aryl methyl sites for hydroxylation is 1. The number of ether oxygens (including phenoxy) is 4. The molecule has 0 N–H and O–H groups in total. The zero-order chi connectivity index (χ0) is 23.4. The molecule has 0 saturated carbocycles. The molecule has 0 unspecified atom stereocenters. The second-order valence-electron chi connectivity index (χ2n) is 7.66. The highest BCUT2D eigenvalue weighted by molar-refractivity contribution is 6.00. The van der Waals surface area contributed by atoms with Gasteiger partial charge in [-0.05, 0) is 49.8 Å². The third kappa shape index (κ3) is 4.92. The average molecular weight is 447 g/mol. The van der Waals surface area contributed by atoms with Crippen molar-refractivity contribution in [1.82, 2.24) is 4.57 Å². The van der Waals surface area contributed by atoms with E-state index in [0.717, 1.165) is 34.0 Å². The van der Waals surface area contributed by atoms with E-state index in [9.17, 15) is 9.59 Å². The maximum absolute atomic E-state index is 12.7. The monoisotopic (exact) mass is 447 g/mol. The molecule has 1 aliphatic heterocycles. The van der Waals surface area contributed by atoms with Crippen molar-refractivity contribution in [3.63, 3.8) is 0 Å². The number of Topliss-reactive ketones (excluding diaryl/α,β-unsaturated/α-hetero) is 1. The van der Waals surface area contributed by atoms with E-state index in [1.165, 1.54) is 6.08 Å². The Kier molecular flexibility index (Phi) is 6.49. The van der Waals surface area contributed by atoms with Crippen LogP contribution in [0.15, 0.2) is 54.6 Å². The molecule has 33 heavy (non-hydrogen) atoms. The second-order valence-corrected chi connectivity index (χ2v) is 7.66. The molecule has 2 aromatic carbocycles. The van der Waals surface area contributed by atoms with E-state index < -0.39 is 5.97 Å². The lowest BCUT2D eigenvalue weighted by atomic mass is 10.1. The molecule has 0 atom stereocenters. The van der Waals surface area contributed by atoms with Crippen LogP contribution in [-0.2, 0) is 16.1 Å². The number of aromatic nitrogens is 1. The van der Waals surface area contributed by atoms with Gasteiger partial charge in [-0.15, -0.1) is 0 Å². The number of ketones is 1. The topological polar surface area (TPSA) is 76.0 Å². The van der Waals surface area contributed by atoms with Gasteiger partial charge < -0.3 is 23.5 Å². The Hall–Kier alpha value is -4.00. The average Bonchev–Trinajstić information content (AvgIpc) is 3.40. The maximum Gasteiger partial charge on any atom is 0.331 e. The molecular weight excluding hydrogens is 422 g/mol. The Morgan fingerprint density at radius 1 is 1.06 bits per heavy atom. The third-order valence-electron chi connectivity index (χ3n) is 5.54. The highest BCUT2D eigenvalue weighted by Gasteiger charge is 2.18. The highest BCUT2D eigenvalue weighted by Crippen LogP contribution is 2.33. The van der Waals surface area contributed by atoms with Crippen LogP contribution < -0.4 is 14.2 Å². The molecule has 0 aliphatic carbocycles. The van der Waals surface area contributed by atoms with Crippen molar-refractivity contribution in [2.24, 2.45) is 0 Å². The SMILES string of the molecule is COc1ccccc1C=CC(=O)OCC(=O)c1cc(C)n(Cc2ccc3c(c2)OCO3)c1C. The number of fused-ring (bicyclic) bond motifs is 1. The van der Waals surface area contributed by atoms with Gasteiger partial charge >= 0.3 is 5.97 Å². The molecule has 0 bridgehead atoms. The maximum atomic E-state index is 12.7. The first kappa shape index (κ1) is 22.2. The molecule has 7 nitrogen and oxygen atoms in total. The van der Waals surface area contributed by atoms with Crippen LogP contribution in [0.2, 0.25) is 0 Å². The molecule has 0 amide bonds. The number of carbonyl (C=O) groups is 2. The summed E-state index contributed by atoms with van der Waals surface area (Å²) >= 11 is 0. The summed E-state index contributed by atoms with van der Waals surface area (Å²) in [5.74, 6) is 1.26. The van der Waals surface area contributed by atoms with E-state index >= 15 is 0 Å². The van der Waals surface area contributed by atoms with Crippen LogP contribution >= 0.6 is 0 Å². The minimum atomic E-state index is -0.594. The summed E-state index contributed by atoms with van der Waals surface area (Å²) in [6, 6.07) is 14.9. The minimum Gasteiger partial charge on any atom is -0.496 e.